The molecule has 0 saturated heterocycles. The van der Waals surface area contributed by atoms with Crippen LogP contribution in [0.15, 0.2) is 41.3 Å². The maximum Gasteiger partial charge on any atom is 0.272 e. The number of hydrogen-bond donors (Lipinski definition) is 2. The number of fused-ring (bicyclic) bond motifs is 1. The van der Waals surface area contributed by atoms with Crippen LogP contribution in [0.4, 0.5) is 5.69 Å². The summed E-state index contributed by atoms with van der Waals surface area (Å²) in [6.45, 7) is 5.52. The Hall–Kier alpha value is -2.66. The lowest BCUT2D eigenvalue weighted by Gasteiger charge is -2.15. The van der Waals surface area contributed by atoms with E-state index in [0.717, 1.165) is 5.30 Å². The van der Waals surface area contributed by atoms with E-state index in [1.807, 2.05) is 19.9 Å². The molecule has 2 heterocycles. The lowest BCUT2D eigenvalue weighted by atomic mass is 10.2. The first-order valence-electron chi connectivity index (χ1n) is 8.46. The molecule has 0 unspecified atom stereocenters. The summed E-state index contributed by atoms with van der Waals surface area (Å²) < 4.78 is 14.1. The maximum absolute atomic E-state index is 12.9. The molecule has 136 valence electrons. The smallest absolute Gasteiger partial charge is 0.272 e. The second kappa shape index (κ2) is 6.92. The van der Waals surface area contributed by atoms with Gasteiger partial charge in [0.15, 0.2) is 5.65 Å². The second-order valence-corrected chi connectivity index (χ2v) is 9.67. The molecule has 0 atom stereocenters. The van der Waals surface area contributed by atoms with E-state index in [1.165, 1.54) is 16.8 Å². The van der Waals surface area contributed by atoms with Crippen molar-refractivity contribution in [1.82, 2.24) is 14.6 Å². The van der Waals surface area contributed by atoms with Crippen LogP contribution >= 0.6 is 7.14 Å². The number of H-pyrrole nitrogens is 1. The number of rotatable bonds is 5. The van der Waals surface area contributed by atoms with Crippen LogP contribution < -0.4 is 16.2 Å². The van der Waals surface area contributed by atoms with Crippen molar-refractivity contribution >= 4 is 29.7 Å². The molecule has 0 aliphatic carbocycles. The first kappa shape index (κ1) is 18.1. The summed E-state index contributed by atoms with van der Waals surface area (Å²) in [5, 5.41) is 6.30. The number of carbonyl (C=O) groups is 1. The monoisotopic (exact) mass is 372 g/mol. The van der Waals surface area contributed by atoms with Gasteiger partial charge in [0.25, 0.3) is 11.5 Å². The average Bonchev–Trinajstić information content (AvgIpc) is 3.05. The van der Waals surface area contributed by atoms with E-state index in [1.54, 1.807) is 25.1 Å². The van der Waals surface area contributed by atoms with Crippen LogP contribution in [-0.2, 0) is 4.57 Å². The SMILES string of the molecule is CCP(=O)(CC)c1cccc(NC(=O)c2c[nH]n3c(=O)cc(C)nc23)c1. The van der Waals surface area contributed by atoms with Gasteiger partial charge in [-0.2, -0.15) is 0 Å². The zero-order chi connectivity index (χ0) is 18.9. The fraction of sp³-hybridized carbons (Fsp3) is 0.278. The van der Waals surface area contributed by atoms with Gasteiger partial charge in [0.05, 0.1) is 0 Å². The number of nitrogens with zero attached hydrogens (tertiary/aromatic N) is 2. The number of aryl methyl sites for hydroxylation is 1. The highest BCUT2D eigenvalue weighted by Crippen LogP contribution is 2.43. The van der Waals surface area contributed by atoms with E-state index in [-0.39, 0.29) is 22.7 Å². The lowest BCUT2D eigenvalue weighted by Crippen LogP contribution is -2.17. The number of aromatic nitrogens is 3. The van der Waals surface area contributed by atoms with E-state index < -0.39 is 7.14 Å². The quantitative estimate of drug-likeness (QED) is 0.673. The van der Waals surface area contributed by atoms with Crippen molar-refractivity contribution in [3.8, 4) is 0 Å². The molecule has 26 heavy (non-hydrogen) atoms. The third kappa shape index (κ3) is 3.22. The number of aromatic amines is 1. The number of hydrogen-bond acceptors (Lipinski definition) is 4. The second-order valence-electron chi connectivity index (χ2n) is 6.11. The van der Waals surface area contributed by atoms with E-state index in [0.29, 0.717) is 23.7 Å². The summed E-state index contributed by atoms with van der Waals surface area (Å²) in [5.41, 5.74) is 1.36. The van der Waals surface area contributed by atoms with Crippen molar-refractivity contribution in [1.29, 1.82) is 0 Å². The minimum absolute atomic E-state index is 0.269. The number of carbonyl (C=O) groups excluding carboxylic acids is 1. The third-order valence-electron chi connectivity index (χ3n) is 4.47. The Morgan fingerprint density at radius 1 is 1.27 bits per heavy atom. The first-order chi connectivity index (χ1) is 12.4. The van der Waals surface area contributed by atoms with E-state index >= 15 is 0 Å². The van der Waals surface area contributed by atoms with Gasteiger partial charge in [-0.15, -0.1) is 0 Å². The fourth-order valence-electron chi connectivity index (χ4n) is 2.89. The van der Waals surface area contributed by atoms with Gasteiger partial charge in [0.1, 0.15) is 12.7 Å². The maximum atomic E-state index is 12.9. The molecule has 0 radical (unpaired) electrons. The molecule has 0 fully saturated rings. The molecule has 2 N–H and O–H groups in total. The van der Waals surface area contributed by atoms with Gasteiger partial charge in [0.2, 0.25) is 0 Å². The zero-order valence-electron chi connectivity index (χ0n) is 14.9. The molecule has 8 heteroatoms. The molecule has 3 aromatic rings. The molecule has 2 aromatic heterocycles. The molecule has 0 spiro atoms. The summed E-state index contributed by atoms with van der Waals surface area (Å²) in [5.74, 6) is -0.388. The van der Waals surface area contributed by atoms with Gasteiger partial charge in [-0.3, -0.25) is 14.7 Å². The number of amides is 1. The van der Waals surface area contributed by atoms with Crippen LogP contribution in [0.2, 0.25) is 0 Å². The predicted octanol–water partition coefficient (Wildman–Crippen LogP) is 2.61. The van der Waals surface area contributed by atoms with Crippen molar-refractivity contribution in [3.05, 3.63) is 58.1 Å². The molecule has 7 nitrogen and oxygen atoms in total. The highest BCUT2D eigenvalue weighted by Gasteiger charge is 2.21. The molecule has 0 saturated carbocycles. The van der Waals surface area contributed by atoms with E-state index in [2.05, 4.69) is 15.4 Å². The van der Waals surface area contributed by atoms with Crippen molar-refractivity contribution in [2.75, 3.05) is 17.6 Å². The molecule has 1 amide bonds. The van der Waals surface area contributed by atoms with E-state index in [9.17, 15) is 14.2 Å². The van der Waals surface area contributed by atoms with Crippen LogP contribution in [0.1, 0.15) is 29.9 Å². The molecule has 0 aliphatic rings. The number of benzene rings is 1. The Morgan fingerprint density at radius 3 is 2.69 bits per heavy atom. The van der Waals surface area contributed by atoms with Crippen molar-refractivity contribution in [2.45, 2.75) is 20.8 Å². The summed E-state index contributed by atoms with van der Waals surface area (Å²) in [6.07, 6.45) is 2.61. The molecule has 1 aromatic carbocycles. The number of anilines is 1. The van der Waals surface area contributed by atoms with Crippen molar-refractivity contribution in [2.24, 2.45) is 0 Å². The highest BCUT2D eigenvalue weighted by molar-refractivity contribution is 7.71. The van der Waals surface area contributed by atoms with Crippen LogP contribution in [0, 0.1) is 6.92 Å². The molecule has 0 aliphatic heterocycles. The topological polar surface area (TPSA) is 96.3 Å². The van der Waals surface area contributed by atoms with Gasteiger partial charge in [-0.05, 0) is 19.1 Å². The molecular weight excluding hydrogens is 351 g/mol. The van der Waals surface area contributed by atoms with Crippen LogP contribution in [-0.4, -0.2) is 32.8 Å². The third-order valence-corrected chi connectivity index (χ3v) is 7.73. The van der Waals surface area contributed by atoms with Crippen LogP contribution in [0.3, 0.4) is 0 Å². The summed E-state index contributed by atoms with van der Waals surface area (Å²) in [6, 6.07) is 8.51. The lowest BCUT2D eigenvalue weighted by molar-refractivity contribution is 0.102. The summed E-state index contributed by atoms with van der Waals surface area (Å²) in [7, 11) is -2.43. The Labute approximate surface area is 150 Å². The molecule has 0 bridgehead atoms. The Kier molecular flexibility index (Phi) is 4.83. The molecular formula is C18H21N4O3P. The minimum Gasteiger partial charge on any atom is -0.322 e. The normalized spacial score (nSPS) is 11.7. The standard InChI is InChI=1S/C18H21N4O3P/c1-4-26(25,5-2)14-8-6-7-13(10-14)21-18(24)15-11-19-22-16(23)9-12(3)20-17(15)22/h6-11,19H,4-5H2,1-3H3,(H,21,24). The largest absolute Gasteiger partial charge is 0.322 e. The Bertz CT molecular complexity index is 1080. The average molecular weight is 372 g/mol. The van der Waals surface area contributed by atoms with Crippen LogP contribution in [0.25, 0.3) is 5.65 Å². The summed E-state index contributed by atoms with van der Waals surface area (Å²) in [4.78, 5) is 28.9. The van der Waals surface area contributed by atoms with Gasteiger partial charge < -0.3 is 9.88 Å². The van der Waals surface area contributed by atoms with Crippen molar-refractivity contribution in [3.63, 3.8) is 0 Å². The van der Waals surface area contributed by atoms with Crippen molar-refractivity contribution < 1.29 is 9.36 Å². The molecule has 3 rings (SSSR count). The van der Waals surface area contributed by atoms with Gasteiger partial charge in [-0.25, -0.2) is 9.50 Å². The first-order valence-corrected chi connectivity index (χ1v) is 10.5. The van der Waals surface area contributed by atoms with Crippen LogP contribution in [0.5, 0.6) is 0 Å². The highest BCUT2D eigenvalue weighted by atomic mass is 31.2. The fourth-order valence-corrected chi connectivity index (χ4v) is 4.80. The van der Waals surface area contributed by atoms with Gasteiger partial charge >= 0.3 is 0 Å². The van der Waals surface area contributed by atoms with E-state index in [4.69, 9.17) is 0 Å². The van der Waals surface area contributed by atoms with Gasteiger partial charge in [0, 0.05) is 41.3 Å². The predicted molar refractivity (Wildman–Crippen MR) is 103 cm³/mol. The summed E-state index contributed by atoms with van der Waals surface area (Å²) >= 11 is 0. The Balaban J connectivity index is 1.94. The minimum atomic E-state index is -2.43. The van der Waals surface area contributed by atoms with Gasteiger partial charge in [-0.1, -0.05) is 26.0 Å². The number of nitrogens with one attached hydrogen (secondary N) is 2. The Morgan fingerprint density at radius 2 is 2.00 bits per heavy atom. The zero-order valence-corrected chi connectivity index (χ0v) is 15.8.